The maximum atomic E-state index is 16.2. The molecule has 8 rings (SSSR count). The van der Waals surface area contributed by atoms with Crippen molar-refractivity contribution in [3.05, 3.63) is 206 Å². The molecular formula is C61H60O8S. The summed E-state index contributed by atoms with van der Waals surface area (Å²) < 4.78 is 46.8. The maximum absolute atomic E-state index is 16.2. The molecule has 0 saturated carbocycles. The molecule has 8 aromatic rings. The van der Waals surface area contributed by atoms with Crippen LogP contribution in [0.15, 0.2) is 215 Å². The van der Waals surface area contributed by atoms with Crippen molar-refractivity contribution >= 4 is 16.3 Å². The Bertz CT molecular complexity index is 2830. The molecule has 358 valence electrons. The zero-order valence-electron chi connectivity index (χ0n) is 41.2. The highest BCUT2D eigenvalue weighted by Crippen LogP contribution is 2.70. The van der Waals surface area contributed by atoms with E-state index >= 15 is 4.79 Å². The van der Waals surface area contributed by atoms with Crippen molar-refractivity contribution in [2.24, 2.45) is 0 Å². The summed E-state index contributed by atoms with van der Waals surface area (Å²) in [5, 5.41) is 0. The molecule has 0 aliphatic heterocycles. The van der Waals surface area contributed by atoms with Gasteiger partial charge in [0.2, 0.25) is 5.75 Å². The molecule has 0 bridgehead atoms. The van der Waals surface area contributed by atoms with E-state index in [-0.39, 0.29) is 22.8 Å². The minimum atomic E-state index is -2.99. The Morgan fingerprint density at radius 1 is 0.371 bits per heavy atom. The van der Waals surface area contributed by atoms with Crippen molar-refractivity contribution in [2.75, 3.05) is 0 Å². The predicted molar refractivity (Wildman–Crippen MR) is 280 cm³/mol. The fourth-order valence-corrected chi connectivity index (χ4v) is 10.6. The van der Waals surface area contributed by atoms with Gasteiger partial charge in [0.05, 0.1) is 5.56 Å². The summed E-state index contributed by atoms with van der Waals surface area (Å²) in [5.74, 6) is 3.67. The summed E-state index contributed by atoms with van der Waals surface area (Å²) in [6.45, 7) is 18.1. The zero-order chi connectivity index (χ0) is 49.5. The van der Waals surface area contributed by atoms with Gasteiger partial charge in [-0.25, -0.2) is 4.79 Å². The number of rotatable bonds is 15. The molecule has 0 aromatic heterocycles. The minimum Gasteiger partial charge on any atom is -0.488 e. The topological polar surface area (TPSA) is 81.7 Å². The van der Waals surface area contributed by atoms with Crippen LogP contribution in [0.3, 0.4) is 0 Å². The normalized spacial score (nSPS) is 12.1. The fraction of sp³-hybridized carbons (Fsp3) is 0.197. The average Bonchev–Trinajstić information content (AvgIpc) is 3.32. The average molecular weight is 953 g/mol. The van der Waals surface area contributed by atoms with Crippen molar-refractivity contribution in [3.8, 4) is 62.9 Å². The van der Waals surface area contributed by atoms with E-state index in [9.17, 15) is 0 Å². The molecule has 0 radical (unpaired) electrons. The number of hydrogen-bond acceptors (Lipinski definition) is 8. The highest BCUT2D eigenvalue weighted by atomic mass is 32.3. The number of hydrogen-bond donors (Lipinski definition) is 0. The molecular weight excluding hydrogens is 893 g/mol. The largest absolute Gasteiger partial charge is 0.488 e. The van der Waals surface area contributed by atoms with Crippen LogP contribution in [-0.4, -0.2) is 22.8 Å². The van der Waals surface area contributed by atoms with Crippen LogP contribution >= 0.6 is 10.3 Å². The lowest BCUT2D eigenvalue weighted by molar-refractivity contribution is 0.0757. The molecule has 0 N–H and O–H groups in total. The lowest BCUT2D eigenvalue weighted by Crippen LogP contribution is -2.23. The number of carbonyl (C=O) groups excluding carboxylic acids is 1. The second-order valence-corrected chi connectivity index (χ2v) is 22.2. The summed E-state index contributed by atoms with van der Waals surface area (Å²) >= 11 is 0. The molecule has 0 aliphatic carbocycles. The molecule has 0 amide bonds. The van der Waals surface area contributed by atoms with Gasteiger partial charge in [0.1, 0.15) is 51.3 Å². The van der Waals surface area contributed by atoms with Gasteiger partial charge in [-0.2, -0.15) is 0 Å². The van der Waals surface area contributed by atoms with Gasteiger partial charge in [0.25, 0.3) is 0 Å². The van der Waals surface area contributed by atoms with Gasteiger partial charge in [-0.1, -0.05) is 84.9 Å². The molecule has 0 heterocycles. The fourth-order valence-electron chi connectivity index (χ4n) is 7.64. The predicted octanol–water partition coefficient (Wildman–Crippen LogP) is 17.3. The summed E-state index contributed by atoms with van der Waals surface area (Å²) in [5.41, 5.74) is -0.0621. The minimum absolute atomic E-state index is 0.174. The third-order valence-electron chi connectivity index (χ3n) is 10.3. The van der Waals surface area contributed by atoms with Crippen LogP contribution in [0.25, 0.3) is 11.1 Å². The van der Waals surface area contributed by atoms with Gasteiger partial charge in [-0.3, -0.25) is 0 Å². The number of carbonyl (C=O) groups is 1. The molecule has 70 heavy (non-hydrogen) atoms. The van der Waals surface area contributed by atoms with Crippen molar-refractivity contribution in [1.82, 2.24) is 0 Å². The van der Waals surface area contributed by atoms with Crippen LogP contribution < -0.4 is 28.4 Å². The van der Waals surface area contributed by atoms with E-state index in [1.165, 1.54) is 0 Å². The Balaban J connectivity index is 1.42. The Morgan fingerprint density at radius 3 is 1.06 bits per heavy atom. The SMILES string of the molecule is CC(C)(C)Oc1ccc(S(OC(=O)c2cc(Oc3ccccc3)c(Oc3ccccc3)c(Oc3ccccc3)c2-c2ccccc2)(c2ccc(OC(C)(C)C)cc2)c2ccc(OC(C)(C)C)cc2)cc1. The Kier molecular flexibility index (Phi) is 14.3. The number of para-hydroxylation sites is 3. The lowest BCUT2D eigenvalue weighted by Gasteiger charge is -2.40. The molecule has 0 saturated heterocycles. The van der Waals surface area contributed by atoms with Gasteiger partial charge in [0, 0.05) is 26.3 Å². The van der Waals surface area contributed by atoms with Crippen molar-refractivity contribution < 1.29 is 37.4 Å². The van der Waals surface area contributed by atoms with Crippen LogP contribution in [0.1, 0.15) is 72.7 Å². The van der Waals surface area contributed by atoms with Gasteiger partial charge in [-0.05, 0) is 187 Å². The first-order valence-electron chi connectivity index (χ1n) is 23.3. The highest BCUT2D eigenvalue weighted by molar-refractivity contribution is 8.30. The summed E-state index contributed by atoms with van der Waals surface area (Å²) in [6, 6.07) is 62.9. The Morgan fingerprint density at radius 2 is 0.700 bits per heavy atom. The maximum Gasteiger partial charge on any atom is 0.350 e. The molecule has 0 atom stereocenters. The second-order valence-electron chi connectivity index (χ2n) is 19.6. The van der Waals surface area contributed by atoms with Crippen LogP contribution in [0.4, 0.5) is 0 Å². The third kappa shape index (κ3) is 12.1. The summed E-state index contributed by atoms with van der Waals surface area (Å²) in [6.07, 6.45) is 0. The van der Waals surface area contributed by atoms with E-state index in [0.717, 1.165) is 14.7 Å². The van der Waals surface area contributed by atoms with E-state index in [1.807, 2.05) is 256 Å². The van der Waals surface area contributed by atoms with Gasteiger partial charge >= 0.3 is 5.97 Å². The zero-order valence-corrected chi connectivity index (χ0v) is 42.0. The Hall–Kier alpha value is -7.62. The summed E-state index contributed by atoms with van der Waals surface area (Å²) in [7, 11) is -2.99. The molecule has 8 nitrogen and oxygen atoms in total. The monoisotopic (exact) mass is 952 g/mol. The van der Waals surface area contributed by atoms with E-state index < -0.39 is 33.1 Å². The first kappa shape index (κ1) is 48.8. The quantitative estimate of drug-likeness (QED) is 0.101. The highest BCUT2D eigenvalue weighted by Gasteiger charge is 2.39. The molecule has 0 spiro atoms. The standard InChI is InChI=1S/C61H60O8S/c1-59(2,3)66-47-30-36-50(37-31-47)70(51-38-32-48(33-39-51)67-60(4,5)6,52-40-34-49(35-41-52)68-61(7,8)9)69-58(62)53-42-54(63-44-24-16-11-17-25-44)56(64-45-26-18-12-19-27-45)57(65-46-28-20-13-21-29-46)55(53)43-22-14-10-15-23-43/h10-42H,1-9H3. The first-order chi connectivity index (χ1) is 33.4. The van der Waals surface area contributed by atoms with Crippen molar-refractivity contribution in [1.29, 1.82) is 0 Å². The molecule has 8 aromatic carbocycles. The van der Waals surface area contributed by atoms with Crippen LogP contribution in [0, 0.1) is 0 Å². The van der Waals surface area contributed by atoms with Crippen molar-refractivity contribution in [2.45, 2.75) is 93.8 Å². The van der Waals surface area contributed by atoms with E-state index in [0.29, 0.717) is 45.6 Å². The molecule has 9 heteroatoms. The van der Waals surface area contributed by atoms with Gasteiger partial charge < -0.3 is 32.6 Å². The molecule has 0 aliphatic rings. The van der Waals surface area contributed by atoms with Crippen LogP contribution in [0.5, 0.6) is 51.7 Å². The van der Waals surface area contributed by atoms with E-state index in [4.69, 9.17) is 32.6 Å². The first-order valence-corrected chi connectivity index (χ1v) is 24.9. The Labute approximate surface area is 414 Å². The van der Waals surface area contributed by atoms with E-state index in [2.05, 4.69) is 0 Å². The van der Waals surface area contributed by atoms with Gasteiger partial charge in [-0.15, -0.1) is 0 Å². The molecule has 0 fully saturated rings. The van der Waals surface area contributed by atoms with E-state index in [1.54, 1.807) is 6.07 Å². The smallest absolute Gasteiger partial charge is 0.350 e. The lowest BCUT2D eigenvalue weighted by atomic mass is 9.97. The molecule has 0 unspecified atom stereocenters. The second kappa shape index (κ2) is 20.5. The van der Waals surface area contributed by atoms with Gasteiger partial charge in [0.15, 0.2) is 11.5 Å². The third-order valence-corrected chi connectivity index (χ3v) is 13.5. The van der Waals surface area contributed by atoms with Crippen LogP contribution in [-0.2, 0) is 4.18 Å². The number of benzene rings is 8. The van der Waals surface area contributed by atoms with Crippen molar-refractivity contribution in [3.63, 3.8) is 0 Å². The summed E-state index contributed by atoms with van der Waals surface area (Å²) in [4.78, 5) is 18.4. The van der Waals surface area contributed by atoms with Crippen LogP contribution in [0.2, 0.25) is 0 Å². The number of ether oxygens (including phenoxy) is 6.